The molecule has 1 unspecified atom stereocenters. The molecule has 0 aromatic carbocycles. The number of thiazole rings is 1. The molecule has 2 heterocycles. The first-order valence-electron chi connectivity index (χ1n) is 19.4. The molecule has 1 fully saturated rings. The Hall–Kier alpha value is -1.87. The van der Waals surface area contributed by atoms with Crippen LogP contribution in [0.3, 0.4) is 0 Å². The van der Waals surface area contributed by atoms with Crippen LogP contribution in [-0.2, 0) is 23.2 Å². The number of cyclic esters (lactones) is 1. The van der Waals surface area contributed by atoms with E-state index in [4.69, 9.17) is 13.6 Å². The SMILES string of the molecule is CC[Si](CC)(CC)O[C@@H]1[C@@H](C)CCC[C@@H](O)[C@@H](N=[N+]=[N-])CC(/C(C)=C/c2csc(C)n2)OC(=O)C[C@@H](O[Si](CC)(CC)CC)C(C)(C)C(=O)[C@@H]1C. The van der Waals surface area contributed by atoms with Crippen LogP contribution in [0.2, 0.25) is 36.3 Å². The van der Waals surface area contributed by atoms with Crippen molar-refractivity contribution >= 4 is 45.8 Å². The summed E-state index contributed by atoms with van der Waals surface area (Å²) in [4.78, 5) is 36.7. The number of aryl methyl sites for hydroxylation is 1. The molecule has 290 valence electrons. The number of esters is 1. The predicted molar refractivity (Wildman–Crippen MR) is 214 cm³/mol. The minimum atomic E-state index is -2.29. The van der Waals surface area contributed by atoms with E-state index >= 15 is 0 Å². The molecule has 0 aliphatic carbocycles. The fourth-order valence-corrected chi connectivity index (χ4v) is 14.2. The molecule has 0 spiro atoms. The second-order valence-electron chi connectivity index (χ2n) is 15.4. The normalized spacial score (nSPS) is 27.9. The fraction of sp³-hybridized carbons (Fsp3) is 0.816. The van der Waals surface area contributed by atoms with Crippen LogP contribution >= 0.6 is 11.3 Å². The van der Waals surface area contributed by atoms with Gasteiger partial charge in [0, 0.05) is 21.6 Å². The van der Waals surface area contributed by atoms with Gasteiger partial charge in [-0.1, -0.05) is 80.8 Å². The van der Waals surface area contributed by atoms with E-state index in [1.54, 1.807) is 0 Å². The highest BCUT2D eigenvalue weighted by Crippen LogP contribution is 2.40. The Labute approximate surface area is 314 Å². The van der Waals surface area contributed by atoms with E-state index in [2.05, 4.69) is 63.5 Å². The Balaban J connectivity index is 2.74. The number of carbonyl (C=O) groups is 2. The average Bonchev–Trinajstić information content (AvgIpc) is 3.53. The molecule has 10 nitrogen and oxygen atoms in total. The maximum Gasteiger partial charge on any atom is 0.309 e. The largest absolute Gasteiger partial charge is 0.458 e. The van der Waals surface area contributed by atoms with E-state index in [1.807, 2.05) is 46.1 Å². The number of hydrogen-bond acceptors (Lipinski definition) is 9. The summed E-state index contributed by atoms with van der Waals surface area (Å²) in [7, 11) is -4.41. The predicted octanol–water partition coefficient (Wildman–Crippen LogP) is 10.4. The van der Waals surface area contributed by atoms with Crippen molar-refractivity contribution in [3.63, 3.8) is 0 Å². The number of azide groups is 1. The molecule has 13 heteroatoms. The molecule has 1 aliphatic rings. The van der Waals surface area contributed by atoms with Gasteiger partial charge < -0.3 is 18.7 Å². The van der Waals surface area contributed by atoms with Gasteiger partial charge in [-0.25, -0.2) is 4.98 Å². The minimum absolute atomic E-state index is 0.0357. The van der Waals surface area contributed by atoms with Crippen molar-refractivity contribution in [2.75, 3.05) is 0 Å². The zero-order valence-electron chi connectivity index (χ0n) is 33.7. The molecule has 0 radical (unpaired) electrons. The third kappa shape index (κ3) is 12.1. The van der Waals surface area contributed by atoms with E-state index < -0.39 is 58.3 Å². The number of Topliss-reactive ketones (excluding diaryl/α,β-unsaturated/α-hetero) is 1. The van der Waals surface area contributed by atoms with Gasteiger partial charge in [0.2, 0.25) is 0 Å². The third-order valence-electron chi connectivity index (χ3n) is 12.0. The topological polar surface area (TPSA) is 144 Å². The van der Waals surface area contributed by atoms with Gasteiger partial charge in [-0.2, -0.15) is 0 Å². The van der Waals surface area contributed by atoms with Gasteiger partial charge in [0.1, 0.15) is 11.9 Å². The van der Waals surface area contributed by atoms with Crippen LogP contribution in [0.4, 0.5) is 0 Å². The zero-order valence-corrected chi connectivity index (χ0v) is 36.5. The van der Waals surface area contributed by atoms with Crippen molar-refractivity contribution < 1.29 is 28.3 Å². The number of hydrogen-bond donors (Lipinski definition) is 1. The van der Waals surface area contributed by atoms with Crippen molar-refractivity contribution in [3.8, 4) is 0 Å². The molecule has 1 N–H and O–H groups in total. The first-order chi connectivity index (χ1) is 24.0. The van der Waals surface area contributed by atoms with Gasteiger partial charge in [0.05, 0.1) is 41.5 Å². The Morgan fingerprint density at radius 1 is 1.06 bits per heavy atom. The Morgan fingerprint density at radius 3 is 2.14 bits per heavy atom. The summed E-state index contributed by atoms with van der Waals surface area (Å²) < 4.78 is 20.5. The van der Waals surface area contributed by atoms with Gasteiger partial charge in [0.15, 0.2) is 16.6 Å². The number of aliphatic hydroxyl groups excluding tert-OH is 1. The van der Waals surface area contributed by atoms with Gasteiger partial charge in [0.25, 0.3) is 0 Å². The summed E-state index contributed by atoms with van der Waals surface area (Å²) in [6, 6.07) is 4.69. The first kappa shape index (κ1) is 45.3. The Bertz CT molecular complexity index is 1320. The lowest BCUT2D eigenvalue weighted by Crippen LogP contribution is -2.53. The molecule has 0 saturated carbocycles. The molecule has 1 aliphatic heterocycles. The van der Waals surface area contributed by atoms with Crippen LogP contribution in [0.25, 0.3) is 16.5 Å². The highest BCUT2D eigenvalue weighted by atomic mass is 32.1. The summed E-state index contributed by atoms with van der Waals surface area (Å²) in [5.41, 5.74) is 10.00. The monoisotopic (exact) mass is 764 g/mol. The molecule has 1 aromatic rings. The lowest BCUT2D eigenvalue weighted by molar-refractivity contribution is -0.154. The number of aliphatic hydroxyl groups is 1. The lowest BCUT2D eigenvalue weighted by Gasteiger charge is -2.44. The molecule has 0 amide bonds. The average molecular weight is 765 g/mol. The lowest BCUT2D eigenvalue weighted by atomic mass is 9.73. The molecule has 7 atom stereocenters. The summed E-state index contributed by atoms with van der Waals surface area (Å²) in [5, 5.41) is 18.3. The maximum absolute atomic E-state index is 14.9. The van der Waals surface area contributed by atoms with E-state index in [1.165, 1.54) is 11.3 Å². The van der Waals surface area contributed by atoms with Crippen LogP contribution in [0, 0.1) is 24.2 Å². The number of carbonyl (C=O) groups excluding carboxylic acids is 2. The summed E-state index contributed by atoms with van der Waals surface area (Å²) in [6.45, 7) is 24.8. The van der Waals surface area contributed by atoms with E-state index in [-0.39, 0.29) is 30.6 Å². The summed E-state index contributed by atoms with van der Waals surface area (Å²) in [5.74, 6) is -0.864. The van der Waals surface area contributed by atoms with Gasteiger partial charge in [-0.05, 0) is 92.5 Å². The minimum Gasteiger partial charge on any atom is -0.458 e. The third-order valence-corrected chi connectivity index (χ3v) is 22.0. The Morgan fingerprint density at radius 2 is 1.63 bits per heavy atom. The highest BCUT2D eigenvalue weighted by molar-refractivity contribution is 7.09. The summed E-state index contributed by atoms with van der Waals surface area (Å²) in [6.07, 6.45) is 0.938. The zero-order chi connectivity index (χ0) is 38.6. The van der Waals surface area contributed by atoms with Gasteiger partial charge in [-0.15, -0.1) is 11.3 Å². The smallest absolute Gasteiger partial charge is 0.309 e. The molecule has 2 rings (SSSR count). The fourth-order valence-electron chi connectivity index (χ4n) is 7.67. The van der Waals surface area contributed by atoms with Crippen LogP contribution in [0.5, 0.6) is 0 Å². The standard InChI is InChI=1S/C38H68N4O6SSi2/c1-13-50(14-2,15-3)47-34-24-35(44)46-33(27(8)22-30-25-49-29(10)40-30)23-31(41-42-39)32(43)21-19-20-26(7)36(28(9)37(45)38(34,11)12)48-51(16-4,17-5)18-6/h22,25-26,28,31-34,36,43H,13-21,23-24H2,1-12H3/b27-22+/t26-,28+,31-,32+,33?,34+,36+/m0/s1. The number of aromatic nitrogens is 1. The van der Waals surface area contributed by atoms with Crippen molar-refractivity contribution in [2.45, 2.75) is 182 Å². The first-order valence-corrected chi connectivity index (χ1v) is 25.4. The van der Waals surface area contributed by atoms with Crippen LogP contribution < -0.4 is 0 Å². The van der Waals surface area contributed by atoms with Crippen LogP contribution in [0.1, 0.15) is 119 Å². The van der Waals surface area contributed by atoms with Crippen molar-refractivity contribution in [1.29, 1.82) is 0 Å². The molecule has 51 heavy (non-hydrogen) atoms. The van der Waals surface area contributed by atoms with Gasteiger partial charge in [-0.3, -0.25) is 9.59 Å². The number of ether oxygens (including phenoxy) is 1. The van der Waals surface area contributed by atoms with E-state index in [0.717, 1.165) is 59.0 Å². The Kier molecular flexibility index (Phi) is 18.3. The molecule has 0 bridgehead atoms. The number of nitrogens with zero attached hydrogens (tertiary/aromatic N) is 4. The van der Waals surface area contributed by atoms with E-state index in [9.17, 15) is 20.2 Å². The van der Waals surface area contributed by atoms with Crippen LogP contribution in [-0.4, -0.2) is 68.9 Å². The molecule has 1 aromatic heterocycles. The number of ketones is 1. The van der Waals surface area contributed by atoms with Crippen molar-refractivity contribution in [3.05, 3.63) is 32.1 Å². The number of rotatable bonds is 13. The van der Waals surface area contributed by atoms with Crippen molar-refractivity contribution in [2.24, 2.45) is 22.4 Å². The van der Waals surface area contributed by atoms with Crippen LogP contribution in [0.15, 0.2) is 16.1 Å². The van der Waals surface area contributed by atoms with Gasteiger partial charge >= 0.3 is 5.97 Å². The highest BCUT2D eigenvalue weighted by Gasteiger charge is 2.48. The van der Waals surface area contributed by atoms with E-state index in [0.29, 0.717) is 12.8 Å². The quantitative estimate of drug-likeness (QED) is 0.0692. The molecule has 1 saturated heterocycles. The van der Waals surface area contributed by atoms with Crippen molar-refractivity contribution in [1.82, 2.24) is 4.98 Å². The summed E-state index contributed by atoms with van der Waals surface area (Å²) >= 11 is 1.53. The maximum atomic E-state index is 14.9. The second-order valence-corrected chi connectivity index (χ2v) is 25.9. The molecular formula is C38H68N4O6SSi2. The molecular weight excluding hydrogens is 697 g/mol. The second kappa shape index (κ2) is 20.6.